The highest BCUT2D eigenvalue weighted by Crippen LogP contribution is 2.28. The Morgan fingerprint density at radius 3 is 2.09 bits per heavy atom. The molecule has 22 heavy (non-hydrogen) atoms. The molecular weight excluding hydrogens is 282 g/mol. The van der Waals surface area contributed by atoms with E-state index in [0.717, 1.165) is 18.8 Å². The monoisotopic (exact) mass is 313 g/mol. The second-order valence-corrected chi connectivity index (χ2v) is 7.98. The second kappa shape index (κ2) is 7.34. The topological polar surface area (TPSA) is 64.6 Å². The number of esters is 1. The molecule has 1 fully saturated rings. The fourth-order valence-corrected chi connectivity index (χ4v) is 2.48. The van der Waals surface area contributed by atoms with Crippen molar-refractivity contribution < 1.29 is 19.1 Å². The highest BCUT2D eigenvalue weighted by molar-refractivity contribution is 5.84. The van der Waals surface area contributed by atoms with E-state index in [-0.39, 0.29) is 0 Å². The highest BCUT2D eigenvalue weighted by Gasteiger charge is 2.33. The van der Waals surface area contributed by atoms with E-state index in [1.807, 2.05) is 0 Å². The summed E-state index contributed by atoms with van der Waals surface area (Å²) in [5, 5.41) is 2.57. The van der Waals surface area contributed by atoms with Crippen LogP contribution in [0.15, 0.2) is 0 Å². The largest absolute Gasteiger partial charge is 0.464 e. The van der Waals surface area contributed by atoms with E-state index in [2.05, 4.69) is 12.2 Å². The number of alkyl carbamates (subject to hydrolysis) is 1. The van der Waals surface area contributed by atoms with Crippen molar-refractivity contribution in [2.45, 2.75) is 78.4 Å². The Morgan fingerprint density at radius 2 is 1.59 bits per heavy atom. The van der Waals surface area contributed by atoms with Crippen LogP contribution in [-0.2, 0) is 14.3 Å². The van der Waals surface area contributed by atoms with Crippen LogP contribution in [-0.4, -0.2) is 29.8 Å². The maximum atomic E-state index is 12.2. The van der Waals surface area contributed by atoms with Gasteiger partial charge >= 0.3 is 12.1 Å². The molecule has 0 aromatic carbocycles. The zero-order valence-electron chi connectivity index (χ0n) is 14.8. The van der Waals surface area contributed by atoms with Gasteiger partial charge in [0.25, 0.3) is 0 Å². The molecule has 0 unspecified atom stereocenters. The molecule has 128 valence electrons. The third-order valence-electron chi connectivity index (χ3n) is 3.91. The minimum absolute atomic E-state index is 0.419. The molecule has 5 nitrogen and oxygen atoms in total. The Bertz CT molecular complexity index is 390. The lowest BCUT2D eigenvalue weighted by Crippen LogP contribution is -2.52. The number of hydrogen-bond donors (Lipinski definition) is 1. The number of ether oxygens (including phenoxy) is 2. The molecule has 0 saturated heterocycles. The van der Waals surface area contributed by atoms with Crippen LogP contribution < -0.4 is 5.32 Å². The van der Waals surface area contributed by atoms with E-state index in [4.69, 9.17) is 9.47 Å². The Balaban J connectivity index is 2.40. The first kappa shape index (κ1) is 18.8. The van der Waals surface area contributed by atoms with Gasteiger partial charge in [0, 0.05) is 0 Å². The summed E-state index contributed by atoms with van der Waals surface area (Å²) < 4.78 is 10.6. The van der Waals surface area contributed by atoms with Crippen LogP contribution >= 0.6 is 0 Å². The Hall–Kier alpha value is -1.26. The molecule has 1 aliphatic carbocycles. The van der Waals surface area contributed by atoms with Crippen LogP contribution in [0.1, 0.15) is 67.2 Å². The van der Waals surface area contributed by atoms with E-state index < -0.39 is 23.2 Å². The molecule has 0 bridgehead atoms. The molecule has 0 heterocycles. The molecule has 1 N–H and O–H groups in total. The van der Waals surface area contributed by atoms with Crippen LogP contribution in [0.5, 0.6) is 0 Å². The van der Waals surface area contributed by atoms with Crippen molar-refractivity contribution >= 4 is 12.1 Å². The minimum Gasteiger partial charge on any atom is -0.464 e. The number of rotatable bonds is 4. The van der Waals surface area contributed by atoms with Crippen LogP contribution in [0.2, 0.25) is 0 Å². The van der Waals surface area contributed by atoms with Crippen molar-refractivity contribution in [2.24, 2.45) is 11.8 Å². The van der Waals surface area contributed by atoms with Gasteiger partial charge in [0.05, 0.1) is 6.61 Å². The van der Waals surface area contributed by atoms with Gasteiger partial charge in [-0.2, -0.15) is 0 Å². The zero-order valence-corrected chi connectivity index (χ0v) is 14.8. The summed E-state index contributed by atoms with van der Waals surface area (Å²) in [7, 11) is 0. The van der Waals surface area contributed by atoms with E-state index >= 15 is 0 Å². The Labute approximate surface area is 134 Å². The predicted molar refractivity (Wildman–Crippen MR) is 85.5 cm³/mol. The lowest BCUT2D eigenvalue weighted by Gasteiger charge is -2.29. The third kappa shape index (κ3) is 6.67. The first-order valence-electron chi connectivity index (χ1n) is 8.18. The lowest BCUT2D eigenvalue weighted by atomic mass is 9.83. The molecule has 1 rings (SSSR count). The molecule has 0 aromatic rings. The van der Waals surface area contributed by atoms with Crippen molar-refractivity contribution in [1.82, 2.24) is 5.32 Å². The molecule has 1 aliphatic rings. The Morgan fingerprint density at radius 1 is 1.05 bits per heavy atom. The molecule has 0 aliphatic heterocycles. The van der Waals surface area contributed by atoms with E-state index in [1.165, 1.54) is 12.8 Å². The van der Waals surface area contributed by atoms with Crippen LogP contribution in [0.4, 0.5) is 4.79 Å². The van der Waals surface area contributed by atoms with E-state index in [9.17, 15) is 9.59 Å². The summed E-state index contributed by atoms with van der Waals surface area (Å²) in [6.45, 7) is 11.3. The summed E-state index contributed by atoms with van der Waals surface area (Å²) in [6, 6.07) is 0. The molecule has 1 saturated carbocycles. The number of hydrogen-bond acceptors (Lipinski definition) is 4. The summed E-state index contributed by atoms with van der Waals surface area (Å²) in [6.07, 6.45) is 3.99. The average molecular weight is 313 g/mol. The molecule has 0 spiro atoms. The molecule has 0 radical (unpaired) electrons. The normalized spacial score (nSPS) is 22.8. The molecule has 5 heteroatoms. The van der Waals surface area contributed by atoms with Crippen LogP contribution in [0.3, 0.4) is 0 Å². The number of nitrogens with one attached hydrogen (secondary N) is 1. The lowest BCUT2D eigenvalue weighted by molar-refractivity contribution is -0.152. The van der Waals surface area contributed by atoms with Crippen LogP contribution in [0.25, 0.3) is 0 Å². The quantitative estimate of drug-likeness (QED) is 0.804. The van der Waals surface area contributed by atoms with Crippen molar-refractivity contribution in [3.8, 4) is 0 Å². The predicted octanol–water partition coefficient (Wildman–Crippen LogP) is 3.66. The molecule has 0 atom stereocenters. The van der Waals surface area contributed by atoms with Gasteiger partial charge in [-0.1, -0.05) is 19.8 Å². The molecule has 0 aromatic heterocycles. The number of amides is 1. The van der Waals surface area contributed by atoms with Crippen molar-refractivity contribution in [1.29, 1.82) is 0 Å². The van der Waals surface area contributed by atoms with Gasteiger partial charge < -0.3 is 14.8 Å². The van der Waals surface area contributed by atoms with Gasteiger partial charge in [0.1, 0.15) is 11.1 Å². The second-order valence-electron chi connectivity index (χ2n) is 7.98. The fraction of sp³-hybridized carbons (Fsp3) is 0.882. The maximum absolute atomic E-state index is 12.2. The SMILES string of the molecule is CC1CCC(COC(=O)C(C)(C)NC(=O)OC(C)(C)C)CC1. The van der Waals surface area contributed by atoms with Crippen molar-refractivity contribution in [2.75, 3.05) is 6.61 Å². The van der Waals surface area contributed by atoms with E-state index in [1.54, 1.807) is 34.6 Å². The van der Waals surface area contributed by atoms with Gasteiger partial charge in [-0.3, -0.25) is 0 Å². The first-order valence-corrected chi connectivity index (χ1v) is 8.18. The van der Waals surface area contributed by atoms with Gasteiger partial charge in [-0.05, 0) is 59.3 Å². The molecule has 1 amide bonds. The van der Waals surface area contributed by atoms with Crippen LogP contribution in [0, 0.1) is 11.8 Å². The standard InChI is InChI=1S/C17H31NO4/c1-12-7-9-13(10-8-12)11-21-14(19)17(5,6)18-15(20)22-16(2,3)4/h12-13H,7-11H2,1-6H3,(H,18,20). The fourth-order valence-electron chi connectivity index (χ4n) is 2.48. The summed E-state index contributed by atoms with van der Waals surface area (Å²) in [5.74, 6) is 0.798. The summed E-state index contributed by atoms with van der Waals surface area (Å²) in [5.41, 5.74) is -1.69. The van der Waals surface area contributed by atoms with Gasteiger partial charge in [-0.25, -0.2) is 9.59 Å². The van der Waals surface area contributed by atoms with Crippen molar-refractivity contribution in [3.63, 3.8) is 0 Å². The summed E-state index contributed by atoms with van der Waals surface area (Å²) in [4.78, 5) is 24.0. The minimum atomic E-state index is -1.09. The molecular formula is C17H31NO4. The first-order chi connectivity index (χ1) is 9.99. The maximum Gasteiger partial charge on any atom is 0.408 e. The van der Waals surface area contributed by atoms with Gasteiger partial charge in [0.2, 0.25) is 0 Å². The number of carbonyl (C=O) groups is 2. The Kier molecular flexibility index (Phi) is 6.27. The average Bonchev–Trinajstić information content (AvgIpc) is 2.34. The smallest absolute Gasteiger partial charge is 0.408 e. The van der Waals surface area contributed by atoms with E-state index in [0.29, 0.717) is 12.5 Å². The van der Waals surface area contributed by atoms with Gasteiger partial charge in [0.15, 0.2) is 0 Å². The highest BCUT2D eigenvalue weighted by atomic mass is 16.6. The van der Waals surface area contributed by atoms with Gasteiger partial charge in [-0.15, -0.1) is 0 Å². The summed E-state index contributed by atoms with van der Waals surface area (Å²) >= 11 is 0. The zero-order chi connectivity index (χ0) is 17.0. The van der Waals surface area contributed by atoms with Crippen molar-refractivity contribution in [3.05, 3.63) is 0 Å². The number of carbonyl (C=O) groups excluding carboxylic acids is 2. The third-order valence-corrected chi connectivity index (χ3v) is 3.91.